The van der Waals surface area contributed by atoms with E-state index in [1.807, 2.05) is 31.0 Å². The highest BCUT2D eigenvalue weighted by molar-refractivity contribution is 8.00. The van der Waals surface area contributed by atoms with Crippen LogP contribution in [0.2, 0.25) is 5.02 Å². The predicted molar refractivity (Wildman–Crippen MR) is 99.7 cm³/mol. The van der Waals surface area contributed by atoms with Gasteiger partial charge in [0.1, 0.15) is 0 Å². The van der Waals surface area contributed by atoms with Crippen LogP contribution >= 0.6 is 23.4 Å². The van der Waals surface area contributed by atoms with Gasteiger partial charge in [-0.3, -0.25) is 4.79 Å². The maximum atomic E-state index is 12.7. The summed E-state index contributed by atoms with van der Waals surface area (Å²) < 4.78 is 5.68. The van der Waals surface area contributed by atoms with Crippen LogP contribution in [-0.4, -0.2) is 39.3 Å². The fourth-order valence-corrected chi connectivity index (χ4v) is 4.11. The molecule has 2 aromatic rings. The molecule has 1 aliphatic rings. The normalized spacial score (nSPS) is 16.6. The van der Waals surface area contributed by atoms with E-state index in [2.05, 4.69) is 10.2 Å². The number of carbonyl (C=O) groups excluding carboxylic acids is 1. The third-order valence-electron chi connectivity index (χ3n) is 4.57. The molecular formula is C18H22ClN3O2S. The van der Waals surface area contributed by atoms with E-state index < -0.39 is 0 Å². The SMILES string of the molecule is C[C@H](Sc1nnc(-c2cccc(Cl)c2)o1)C(=O)N(C)C1CCCCC1. The van der Waals surface area contributed by atoms with Crippen molar-refractivity contribution in [3.63, 3.8) is 0 Å². The number of thioether (sulfide) groups is 1. The van der Waals surface area contributed by atoms with E-state index in [4.69, 9.17) is 16.0 Å². The molecule has 5 nitrogen and oxygen atoms in total. The van der Waals surface area contributed by atoms with Gasteiger partial charge in [0.25, 0.3) is 5.22 Å². The van der Waals surface area contributed by atoms with Crippen LogP contribution < -0.4 is 0 Å². The number of hydrogen-bond donors (Lipinski definition) is 0. The Morgan fingerprint density at radius 3 is 2.80 bits per heavy atom. The first-order valence-electron chi connectivity index (χ1n) is 8.57. The first kappa shape index (κ1) is 18.3. The maximum Gasteiger partial charge on any atom is 0.277 e. The third-order valence-corrected chi connectivity index (χ3v) is 5.73. The van der Waals surface area contributed by atoms with Crippen molar-refractivity contribution in [1.29, 1.82) is 0 Å². The van der Waals surface area contributed by atoms with Crippen molar-refractivity contribution in [2.24, 2.45) is 0 Å². The molecule has 3 rings (SSSR count). The van der Waals surface area contributed by atoms with Crippen molar-refractivity contribution >= 4 is 29.3 Å². The highest BCUT2D eigenvalue weighted by Gasteiger charge is 2.27. The lowest BCUT2D eigenvalue weighted by molar-refractivity contribution is -0.131. The number of benzene rings is 1. The largest absolute Gasteiger partial charge is 0.411 e. The number of hydrogen-bond acceptors (Lipinski definition) is 5. The molecule has 0 spiro atoms. The highest BCUT2D eigenvalue weighted by Crippen LogP contribution is 2.29. The van der Waals surface area contributed by atoms with Crippen molar-refractivity contribution in [3.8, 4) is 11.5 Å². The highest BCUT2D eigenvalue weighted by atomic mass is 35.5. The Hall–Kier alpha value is -1.53. The molecule has 1 aromatic carbocycles. The van der Waals surface area contributed by atoms with Crippen LogP contribution in [-0.2, 0) is 4.79 Å². The molecule has 1 atom stereocenters. The topological polar surface area (TPSA) is 59.2 Å². The molecule has 1 aromatic heterocycles. The maximum absolute atomic E-state index is 12.7. The number of rotatable bonds is 5. The van der Waals surface area contributed by atoms with Gasteiger partial charge in [-0.2, -0.15) is 0 Å². The van der Waals surface area contributed by atoms with Gasteiger partial charge in [0, 0.05) is 23.7 Å². The van der Waals surface area contributed by atoms with Crippen molar-refractivity contribution in [3.05, 3.63) is 29.3 Å². The van der Waals surface area contributed by atoms with Gasteiger partial charge in [-0.1, -0.05) is 48.7 Å². The number of carbonyl (C=O) groups is 1. The van der Waals surface area contributed by atoms with Crippen LogP contribution in [0.5, 0.6) is 0 Å². The van der Waals surface area contributed by atoms with Gasteiger partial charge in [-0.15, -0.1) is 10.2 Å². The number of nitrogens with zero attached hydrogens (tertiary/aromatic N) is 3. The van der Waals surface area contributed by atoms with Crippen LogP contribution in [0, 0.1) is 0 Å². The molecule has 0 bridgehead atoms. The Labute approximate surface area is 157 Å². The molecule has 0 N–H and O–H groups in total. The van der Waals surface area contributed by atoms with Crippen molar-refractivity contribution < 1.29 is 9.21 Å². The molecular weight excluding hydrogens is 358 g/mol. The fourth-order valence-electron chi connectivity index (χ4n) is 3.13. The third kappa shape index (κ3) is 4.55. The van der Waals surface area contributed by atoms with Gasteiger partial charge in [0.2, 0.25) is 11.8 Å². The average molecular weight is 380 g/mol. The Bertz CT molecular complexity index is 731. The molecule has 1 amide bonds. The molecule has 0 unspecified atom stereocenters. The molecule has 7 heteroatoms. The lowest BCUT2D eigenvalue weighted by Gasteiger charge is -2.32. The number of halogens is 1. The second-order valence-corrected chi connectivity index (χ2v) is 8.11. The first-order chi connectivity index (χ1) is 12.0. The quantitative estimate of drug-likeness (QED) is 0.707. The second-order valence-electron chi connectivity index (χ2n) is 6.38. The minimum atomic E-state index is -0.264. The van der Waals surface area contributed by atoms with Gasteiger partial charge < -0.3 is 9.32 Å². The minimum Gasteiger partial charge on any atom is -0.411 e. The molecule has 0 aliphatic heterocycles. The summed E-state index contributed by atoms with van der Waals surface area (Å²) in [7, 11) is 1.90. The molecule has 1 aliphatic carbocycles. The monoisotopic (exact) mass is 379 g/mol. The molecule has 1 heterocycles. The summed E-state index contributed by atoms with van der Waals surface area (Å²) in [6.45, 7) is 1.88. The van der Waals surface area contributed by atoms with Crippen molar-refractivity contribution in [1.82, 2.24) is 15.1 Å². The van der Waals surface area contributed by atoms with E-state index in [1.54, 1.807) is 12.1 Å². The Kier molecular flexibility index (Phi) is 6.02. The van der Waals surface area contributed by atoms with Gasteiger partial charge in [-0.25, -0.2) is 0 Å². The Morgan fingerprint density at radius 2 is 2.08 bits per heavy atom. The summed E-state index contributed by atoms with van der Waals surface area (Å²) in [5.41, 5.74) is 0.769. The summed E-state index contributed by atoms with van der Waals surface area (Å²) >= 11 is 7.29. The minimum absolute atomic E-state index is 0.111. The summed E-state index contributed by atoms with van der Waals surface area (Å²) in [5, 5.41) is 8.85. The lowest BCUT2D eigenvalue weighted by Crippen LogP contribution is -2.42. The fraction of sp³-hybridized carbons (Fsp3) is 0.500. The zero-order valence-corrected chi connectivity index (χ0v) is 16.0. The van der Waals surface area contributed by atoms with Crippen LogP contribution in [0.3, 0.4) is 0 Å². The molecule has 1 saturated carbocycles. The molecule has 1 fully saturated rings. The van der Waals surface area contributed by atoms with Crippen LogP contribution in [0.15, 0.2) is 33.9 Å². The van der Waals surface area contributed by atoms with Gasteiger partial charge in [-0.05, 0) is 38.0 Å². The van der Waals surface area contributed by atoms with Gasteiger partial charge in [0.05, 0.1) is 5.25 Å². The predicted octanol–water partition coefficient (Wildman–Crippen LogP) is 4.66. The molecule has 134 valence electrons. The van der Waals surface area contributed by atoms with E-state index in [0.29, 0.717) is 22.2 Å². The van der Waals surface area contributed by atoms with Crippen LogP contribution in [0.4, 0.5) is 0 Å². The lowest BCUT2D eigenvalue weighted by atomic mass is 9.94. The van der Waals surface area contributed by atoms with E-state index >= 15 is 0 Å². The zero-order chi connectivity index (χ0) is 17.8. The summed E-state index contributed by atoms with van der Waals surface area (Å²) in [5.74, 6) is 0.518. The Morgan fingerprint density at radius 1 is 1.32 bits per heavy atom. The smallest absolute Gasteiger partial charge is 0.277 e. The van der Waals surface area contributed by atoms with E-state index in [9.17, 15) is 4.79 Å². The molecule has 0 radical (unpaired) electrons. The summed E-state index contributed by atoms with van der Waals surface area (Å²) in [6.07, 6.45) is 5.88. The average Bonchev–Trinajstić information content (AvgIpc) is 3.09. The van der Waals surface area contributed by atoms with E-state index in [-0.39, 0.29) is 11.2 Å². The summed E-state index contributed by atoms with van der Waals surface area (Å²) in [4.78, 5) is 14.6. The molecule has 0 saturated heterocycles. The first-order valence-corrected chi connectivity index (χ1v) is 9.83. The number of aromatic nitrogens is 2. The van der Waals surface area contributed by atoms with Gasteiger partial charge >= 0.3 is 0 Å². The Balaban J connectivity index is 1.62. The van der Waals surface area contributed by atoms with Crippen molar-refractivity contribution in [2.45, 2.75) is 55.5 Å². The standard InChI is InChI=1S/C18H22ClN3O2S/c1-12(17(23)22(2)15-9-4-3-5-10-15)25-18-21-20-16(24-18)13-7-6-8-14(19)11-13/h6-8,11-12,15H,3-5,9-10H2,1-2H3/t12-/m0/s1. The van der Waals surface area contributed by atoms with Crippen molar-refractivity contribution in [2.75, 3.05) is 7.05 Å². The van der Waals surface area contributed by atoms with E-state index in [0.717, 1.165) is 18.4 Å². The van der Waals surface area contributed by atoms with Gasteiger partial charge in [0.15, 0.2) is 0 Å². The van der Waals surface area contributed by atoms with Crippen LogP contribution in [0.1, 0.15) is 39.0 Å². The van der Waals surface area contributed by atoms with Crippen LogP contribution in [0.25, 0.3) is 11.5 Å². The molecule has 25 heavy (non-hydrogen) atoms. The zero-order valence-electron chi connectivity index (χ0n) is 14.4. The van der Waals surface area contributed by atoms with E-state index in [1.165, 1.54) is 31.0 Å². The summed E-state index contributed by atoms with van der Waals surface area (Å²) in [6, 6.07) is 7.61. The second kappa shape index (κ2) is 8.23. The number of amides is 1.